The Bertz CT molecular complexity index is 1230. The lowest BCUT2D eigenvalue weighted by Gasteiger charge is -2.19. The van der Waals surface area contributed by atoms with Gasteiger partial charge < -0.3 is 14.0 Å². The molecule has 0 amide bonds. The van der Waals surface area contributed by atoms with Gasteiger partial charge in [-0.25, -0.2) is 0 Å². The molecule has 0 aliphatic rings. The summed E-state index contributed by atoms with van der Waals surface area (Å²) in [5.74, 6) is 0. The van der Waals surface area contributed by atoms with Gasteiger partial charge in [-0.05, 0) is 66.9 Å². The van der Waals surface area contributed by atoms with Gasteiger partial charge >= 0.3 is 0 Å². The molecule has 4 nitrogen and oxygen atoms in total. The van der Waals surface area contributed by atoms with E-state index < -0.39 is 0 Å². The maximum Gasteiger partial charge on any atom is 0.190 e. The van der Waals surface area contributed by atoms with E-state index in [0.717, 1.165) is 33.6 Å². The third kappa shape index (κ3) is 4.61. The zero-order valence-corrected chi connectivity index (χ0v) is 17.9. The summed E-state index contributed by atoms with van der Waals surface area (Å²) in [6.45, 7) is 6.25. The molecule has 0 spiro atoms. The van der Waals surface area contributed by atoms with Gasteiger partial charge in [0.15, 0.2) is 5.43 Å². The van der Waals surface area contributed by atoms with Crippen LogP contribution in [0.15, 0.2) is 77.6 Å². The Morgan fingerprint density at radius 2 is 1.58 bits per heavy atom. The van der Waals surface area contributed by atoms with E-state index in [2.05, 4.69) is 16.7 Å². The molecule has 3 aromatic carbocycles. The van der Waals surface area contributed by atoms with Crippen molar-refractivity contribution in [1.82, 2.24) is 4.57 Å². The summed E-state index contributed by atoms with van der Waals surface area (Å²) >= 11 is 0. The third-order valence-electron chi connectivity index (χ3n) is 5.18. The van der Waals surface area contributed by atoms with E-state index in [1.807, 2.05) is 74.5 Å². The van der Waals surface area contributed by atoms with Crippen LogP contribution in [0.3, 0.4) is 0 Å². The number of aromatic nitrogens is 1. The zero-order chi connectivity index (χ0) is 21.6. The molecule has 157 valence electrons. The van der Waals surface area contributed by atoms with Crippen molar-refractivity contribution in [3.8, 4) is 16.9 Å². The number of pyridine rings is 1. The van der Waals surface area contributed by atoms with E-state index in [-0.39, 0.29) is 5.43 Å². The van der Waals surface area contributed by atoms with Gasteiger partial charge in [0, 0.05) is 30.4 Å². The van der Waals surface area contributed by atoms with Crippen molar-refractivity contribution in [2.24, 2.45) is 0 Å². The molecule has 4 heteroatoms. The molecule has 0 N–H and O–H groups in total. The van der Waals surface area contributed by atoms with Crippen molar-refractivity contribution in [2.75, 3.05) is 13.2 Å². The first-order chi connectivity index (χ1) is 15.2. The lowest BCUT2D eigenvalue weighted by molar-refractivity contribution is 0.134. The number of nitrogens with zero attached hydrogens (tertiary/aromatic N) is 1. The molecule has 0 atom stereocenters. The smallest absolute Gasteiger partial charge is 0.190 e. The average molecular weight is 413 g/mol. The summed E-state index contributed by atoms with van der Waals surface area (Å²) in [5, 5.41) is 0.673. The minimum Gasteiger partial charge on any atom is -0.377 e. The summed E-state index contributed by atoms with van der Waals surface area (Å²) in [5.41, 5.74) is 5.65. The second-order valence-corrected chi connectivity index (χ2v) is 7.32. The SMILES string of the molecule is CCOCc1c[c]cc(-n2c(-c3ccccc3)cc(=O)c3cc(COCC)ccc32)c1. The molecule has 31 heavy (non-hydrogen) atoms. The van der Waals surface area contributed by atoms with Crippen molar-refractivity contribution in [3.05, 3.63) is 100 Å². The van der Waals surface area contributed by atoms with Crippen molar-refractivity contribution >= 4 is 10.9 Å². The van der Waals surface area contributed by atoms with Gasteiger partial charge in [0.2, 0.25) is 0 Å². The molecule has 0 bridgehead atoms. The summed E-state index contributed by atoms with van der Waals surface area (Å²) < 4.78 is 13.3. The normalized spacial score (nSPS) is 11.2. The predicted molar refractivity (Wildman–Crippen MR) is 124 cm³/mol. The molecule has 4 aromatic rings. The van der Waals surface area contributed by atoms with Crippen molar-refractivity contribution < 1.29 is 9.47 Å². The monoisotopic (exact) mass is 412 g/mol. The Labute approximate surface area is 182 Å². The van der Waals surface area contributed by atoms with Crippen LogP contribution in [-0.4, -0.2) is 17.8 Å². The maximum absolute atomic E-state index is 13.1. The van der Waals surface area contributed by atoms with Crippen LogP contribution >= 0.6 is 0 Å². The minimum absolute atomic E-state index is 0.00194. The number of ether oxygens (including phenoxy) is 2. The van der Waals surface area contributed by atoms with Crippen molar-refractivity contribution in [2.45, 2.75) is 27.1 Å². The van der Waals surface area contributed by atoms with E-state index in [1.54, 1.807) is 6.07 Å². The molecule has 0 saturated carbocycles. The van der Waals surface area contributed by atoms with Crippen molar-refractivity contribution in [1.29, 1.82) is 0 Å². The van der Waals surface area contributed by atoms with Crippen LogP contribution in [0.4, 0.5) is 0 Å². The Kier molecular flexibility index (Phi) is 6.60. The Morgan fingerprint density at radius 1 is 0.839 bits per heavy atom. The molecule has 0 aliphatic heterocycles. The molecule has 0 aliphatic carbocycles. The van der Waals surface area contributed by atoms with Gasteiger partial charge in [-0.2, -0.15) is 0 Å². The first kappa shape index (κ1) is 21.0. The largest absolute Gasteiger partial charge is 0.377 e. The average Bonchev–Trinajstić information content (AvgIpc) is 2.82. The number of benzene rings is 3. The standard InChI is InChI=1S/C27H26NO3/c1-3-30-18-20-9-8-12-23(15-20)28-25-14-13-21(19-31-4-2)16-24(25)27(29)17-26(28)22-10-6-5-7-11-22/h5-7,9-17H,3-4,18-19H2,1-2H3. The molecule has 1 heterocycles. The van der Waals surface area contributed by atoms with Gasteiger partial charge in [-0.3, -0.25) is 4.79 Å². The van der Waals surface area contributed by atoms with Crippen LogP contribution in [-0.2, 0) is 22.7 Å². The van der Waals surface area contributed by atoms with Gasteiger partial charge in [-0.15, -0.1) is 0 Å². The molecule has 0 unspecified atom stereocenters. The zero-order valence-electron chi connectivity index (χ0n) is 17.9. The van der Waals surface area contributed by atoms with Gasteiger partial charge in [0.1, 0.15) is 0 Å². The maximum atomic E-state index is 13.1. The number of rotatable bonds is 8. The first-order valence-electron chi connectivity index (χ1n) is 10.6. The van der Waals surface area contributed by atoms with Crippen LogP contribution in [0.1, 0.15) is 25.0 Å². The molecule has 4 rings (SSSR count). The molecular weight excluding hydrogens is 386 g/mol. The van der Waals surface area contributed by atoms with E-state index in [9.17, 15) is 4.79 Å². The molecule has 0 saturated heterocycles. The Balaban J connectivity index is 1.96. The second-order valence-electron chi connectivity index (χ2n) is 7.32. The third-order valence-corrected chi connectivity index (χ3v) is 5.18. The van der Waals surface area contributed by atoms with E-state index >= 15 is 0 Å². The van der Waals surface area contributed by atoms with E-state index in [4.69, 9.17) is 9.47 Å². The highest BCUT2D eigenvalue weighted by Gasteiger charge is 2.14. The van der Waals surface area contributed by atoms with Gasteiger partial charge in [-0.1, -0.05) is 36.4 Å². The fourth-order valence-electron chi connectivity index (χ4n) is 3.72. The number of fused-ring (bicyclic) bond motifs is 1. The Morgan fingerprint density at radius 3 is 2.32 bits per heavy atom. The summed E-state index contributed by atoms with van der Waals surface area (Å²) in [7, 11) is 0. The lowest BCUT2D eigenvalue weighted by Crippen LogP contribution is -2.11. The van der Waals surface area contributed by atoms with Crippen LogP contribution in [0.25, 0.3) is 27.8 Å². The number of hydrogen-bond donors (Lipinski definition) is 0. The second kappa shape index (κ2) is 9.73. The molecule has 1 aromatic heterocycles. The van der Waals surface area contributed by atoms with Crippen LogP contribution in [0.2, 0.25) is 0 Å². The van der Waals surface area contributed by atoms with Crippen LogP contribution in [0.5, 0.6) is 0 Å². The van der Waals surface area contributed by atoms with Crippen LogP contribution in [0, 0.1) is 6.07 Å². The molecule has 0 fully saturated rings. The molecular formula is C27H26NO3. The van der Waals surface area contributed by atoms with E-state index in [0.29, 0.717) is 31.8 Å². The molecule has 1 radical (unpaired) electrons. The highest BCUT2D eigenvalue weighted by molar-refractivity contribution is 5.85. The first-order valence-corrected chi connectivity index (χ1v) is 10.6. The highest BCUT2D eigenvalue weighted by atomic mass is 16.5. The lowest BCUT2D eigenvalue weighted by atomic mass is 10.0. The van der Waals surface area contributed by atoms with E-state index in [1.165, 1.54) is 0 Å². The number of hydrogen-bond acceptors (Lipinski definition) is 3. The van der Waals surface area contributed by atoms with Gasteiger partial charge in [0.25, 0.3) is 0 Å². The fraction of sp³-hybridized carbons (Fsp3) is 0.222. The van der Waals surface area contributed by atoms with Crippen molar-refractivity contribution in [3.63, 3.8) is 0 Å². The highest BCUT2D eigenvalue weighted by Crippen LogP contribution is 2.28. The summed E-state index contributed by atoms with van der Waals surface area (Å²) in [6, 6.07) is 26.9. The Hall–Kier alpha value is -3.21. The quantitative estimate of drug-likeness (QED) is 0.382. The predicted octanol–water partition coefficient (Wildman–Crippen LogP) is 5.53. The summed E-state index contributed by atoms with van der Waals surface area (Å²) in [6.07, 6.45) is 0. The van der Waals surface area contributed by atoms with Gasteiger partial charge in [0.05, 0.1) is 24.4 Å². The van der Waals surface area contributed by atoms with Crippen LogP contribution < -0.4 is 5.43 Å². The fourth-order valence-corrected chi connectivity index (χ4v) is 3.72. The minimum atomic E-state index is -0.00194. The summed E-state index contributed by atoms with van der Waals surface area (Å²) in [4.78, 5) is 13.1. The topological polar surface area (TPSA) is 40.5 Å².